The third-order valence-electron chi connectivity index (χ3n) is 4.93. The third kappa shape index (κ3) is 2.52. The molecule has 0 unspecified atom stereocenters. The van der Waals surface area contributed by atoms with Crippen LogP contribution in [-0.2, 0) is 0 Å². The van der Waals surface area contributed by atoms with Gasteiger partial charge in [0.1, 0.15) is 5.82 Å². The number of hydrogen-bond donors (Lipinski definition) is 1. The fraction of sp³-hybridized carbons (Fsp3) is 0.263. The largest absolute Gasteiger partial charge is 0.384 e. The number of hydrogen-bond acceptors (Lipinski definition) is 6. The Morgan fingerprint density at radius 2 is 1.92 bits per heavy atom. The molecular weight excluding hydrogens is 328 g/mol. The van der Waals surface area contributed by atoms with E-state index in [1.54, 1.807) is 6.07 Å². The second-order valence-electron chi connectivity index (χ2n) is 6.65. The summed E-state index contributed by atoms with van der Waals surface area (Å²) >= 11 is 0. The average molecular weight is 346 g/mol. The molecule has 0 saturated heterocycles. The van der Waals surface area contributed by atoms with Crippen LogP contribution in [0.4, 0.5) is 5.82 Å². The zero-order valence-electron chi connectivity index (χ0n) is 14.2. The number of rotatable bonds is 3. The van der Waals surface area contributed by atoms with Gasteiger partial charge in [0, 0.05) is 17.1 Å². The molecule has 0 aliphatic heterocycles. The van der Waals surface area contributed by atoms with E-state index in [4.69, 9.17) is 10.3 Å². The highest BCUT2D eigenvalue weighted by atomic mass is 16.5. The van der Waals surface area contributed by atoms with E-state index in [9.17, 15) is 0 Å². The van der Waals surface area contributed by atoms with Crippen molar-refractivity contribution in [1.29, 1.82) is 0 Å². The highest BCUT2D eigenvalue weighted by molar-refractivity contribution is 5.94. The standard InChI is InChI=1S/C19H18N6O/c20-17-11-14(13-7-3-4-8-15(13)21-17)18-22-19(26-24-18)16-9-10-25(23-16)12-5-1-2-6-12/h3-4,7-12H,1-2,5-6H2,(H2,20,21). The number of aromatic nitrogens is 5. The van der Waals surface area contributed by atoms with Gasteiger partial charge >= 0.3 is 0 Å². The summed E-state index contributed by atoms with van der Waals surface area (Å²) in [4.78, 5) is 8.90. The first-order valence-corrected chi connectivity index (χ1v) is 8.83. The van der Waals surface area contributed by atoms with Crippen molar-refractivity contribution in [3.8, 4) is 23.0 Å². The Morgan fingerprint density at radius 3 is 2.81 bits per heavy atom. The zero-order chi connectivity index (χ0) is 17.5. The van der Waals surface area contributed by atoms with Gasteiger partial charge in [-0.05, 0) is 31.0 Å². The molecular formula is C19H18N6O. The summed E-state index contributed by atoms with van der Waals surface area (Å²) in [5.74, 6) is 1.33. The fourth-order valence-electron chi connectivity index (χ4n) is 3.64. The average Bonchev–Trinajstić information content (AvgIpc) is 3.40. The van der Waals surface area contributed by atoms with Crippen LogP contribution >= 0.6 is 0 Å². The Balaban J connectivity index is 1.53. The second kappa shape index (κ2) is 5.94. The van der Waals surface area contributed by atoms with Gasteiger partial charge in [-0.25, -0.2) is 4.98 Å². The van der Waals surface area contributed by atoms with Crippen LogP contribution in [0.1, 0.15) is 31.7 Å². The van der Waals surface area contributed by atoms with Crippen molar-refractivity contribution in [3.05, 3.63) is 42.6 Å². The molecule has 26 heavy (non-hydrogen) atoms. The van der Waals surface area contributed by atoms with Crippen LogP contribution in [0.25, 0.3) is 33.9 Å². The van der Waals surface area contributed by atoms with Crippen LogP contribution in [0.5, 0.6) is 0 Å². The molecule has 0 spiro atoms. The van der Waals surface area contributed by atoms with Crippen LogP contribution < -0.4 is 5.73 Å². The molecule has 0 amide bonds. The summed E-state index contributed by atoms with van der Waals surface area (Å²) in [7, 11) is 0. The number of pyridine rings is 1. The van der Waals surface area contributed by atoms with Crippen molar-refractivity contribution in [3.63, 3.8) is 0 Å². The maximum Gasteiger partial charge on any atom is 0.278 e. The molecule has 4 aromatic rings. The number of para-hydroxylation sites is 1. The number of fused-ring (bicyclic) bond motifs is 1. The van der Waals surface area contributed by atoms with Crippen LogP contribution in [0.3, 0.4) is 0 Å². The van der Waals surface area contributed by atoms with E-state index in [2.05, 4.69) is 20.2 Å². The molecule has 1 aliphatic carbocycles. The predicted molar refractivity (Wildman–Crippen MR) is 98.2 cm³/mol. The Kier molecular flexibility index (Phi) is 3.44. The second-order valence-corrected chi connectivity index (χ2v) is 6.65. The summed E-state index contributed by atoms with van der Waals surface area (Å²) in [6, 6.07) is 11.9. The van der Waals surface area contributed by atoms with Gasteiger partial charge in [0.2, 0.25) is 5.82 Å². The number of benzene rings is 1. The first-order valence-electron chi connectivity index (χ1n) is 8.83. The van der Waals surface area contributed by atoms with E-state index < -0.39 is 0 Å². The molecule has 7 nitrogen and oxygen atoms in total. The first-order chi connectivity index (χ1) is 12.8. The number of nitrogens with two attached hydrogens (primary N) is 1. The first kappa shape index (κ1) is 15.1. The van der Waals surface area contributed by atoms with Gasteiger partial charge in [-0.2, -0.15) is 10.1 Å². The summed E-state index contributed by atoms with van der Waals surface area (Å²) in [5.41, 5.74) is 8.25. The minimum Gasteiger partial charge on any atom is -0.384 e. The van der Waals surface area contributed by atoms with Crippen molar-refractivity contribution < 1.29 is 4.52 Å². The van der Waals surface area contributed by atoms with E-state index in [1.807, 2.05) is 41.2 Å². The van der Waals surface area contributed by atoms with Crippen LogP contribution in [-0.4, -0.2) is 24.9 Å². The van der Waals surface area contributed by atoms with Gasteiger partial charge in [0.25, 0.3) is 5.89 Å². The lowest BCUT2D eigenvalue weighted by Gasteiger charge is -2.08. The maximum absolute atomic E-state index is 5.94. The van der Waals surface area contributed by atoms with Crippen LogP contribution in [0.15, 0.2) is 47.1 Å². The SMILES string of the molecule is Nc1cc(-c2noc(-c3ccn(C4CCCC4)n3)n2)c2ccccc2n1. The van der Waals surface area contributed by atoms with Gasteiger partial charge < -0.3 is 10.3 Å². The molecule has 0 radical (unpaired) electrons. The molecule has 0 atom stereocenters. The van der Waals surface area contributed by atoms with Gasteiger partial charge in [-0.1, -0.05) is 36.2 Å². The lowest BCUT2D eigenvalue weighted by Crippen LogP contribution is -2.04. The minimum atomic E-state index is 0.413. The number of nitrogens with zero attached hydrogens (tertiary/aromatic N) is 5. The Hall–Kier alpha value is -3.22. The molecule has 3 aromatic heterocycles. The lowest BCUT2D eigenvalue weighted by atomic mass is 10.1. The van der Waals surface area contributed by atoms with Gasteiger partial charge in [-0.3, -0.25) is 4.68 Å². The fourth-order valence-corrected chi connectivity index (χ4v) is 3.64. The maximum atomic E-state index is 5.94. The van der Waals surface area contributed by atoms with Crippen molar-refractivity contribution >= 4 is 16.7 Å². The quantitative estimate of drug-likeness (QED) is 0.605. The Labute approximate surface area is 149 Å². The van der Waals surface area contributed by atoms with Crippen molar-refractivity contribution in [1.82, 2.24) is 24.9 Å². The van der Waals surface area contributed by atoms with Crippen LogP contribution in [0.2, 0.25) is 0 Å². The highest BCUT2D eigenvalue weighted by Crippen LogP contribution is 2.31. The van der Waals surface area contributed by atoms with Crippen molar-refractivity contribution in [2.24, 2.45) is 0 Å². The summed E-state index contributed by atoms with van der Waals surface area (Å²) < 4.78 is 7.49. The molecule has 1 fully saturated rings. The van der Waals surface area contributed by atoms with Gasteiger partial charge in [0.15, 0.2) is 5.69 Å². The summed E-state index contributed by atoms with van der Waals surface area (Å²) in [6.07, 6.45) is 6.88. The smallest absolute Gasteiger partial charge is 0.278 e. The minimum absolute atomic E-state index is 0.413. The Bertz CT molecular complexity index is 1080. The van der Waals surface area contributed by atoms with E-state index in [0.717, 1.165) is 16.5 Å². The highest BCUT2D eigenvalue weighted by Gasteiger charge is 2.20. The number of anilines is 1. The topological polar surface area (TPSA) is 95.7 Å². The normalized spacial score (nSPS) is 15.1. The van der Waals surface area contributed by atoms with E-state index in [1.165, 1.54) is 25.7 Å². The predicted octanol–water partition coefficient (Wildman–Crippen LogP) is 3.85. The molecule has 5 rings (SSSR count). The Morgan fingerprint density at radius 1 is 1.08 bits per heavy atom. The van der Waals surface area contributed by atoms with Gasteiger partial charge in [-0.15, -0.1) is 0 Å². The zero-order valence-corrected chi connectivity index (χ0v) is 14.2. The summed E-state index contributed by atoms with van der Waals surface area (Å²) in [6.45, 7) is 0. The monoisotopic (exact) mass is 346 g/mol. The molecule has 2 N–H and O–H groups in total. The van der Waals surface area contributed by atoms with Crippen LogP contribution in [0, 0.1) is 0 Å². The van der Waals surface area contributed by atoms with Crippen molar-refractivity contribution in [2.75, 3.05) is 5.73 Å². The number of nitrogen functional groups attached to an aromatic ring is 1. The molecule has 7 heteroatoms. The molecule has 130 valence electrons. The van der Waals surface area contributed by atoms with E-state index in [-0.39, 0.29) is 0 Å². The molecule has 1 aromatic carbocycles. The van der Waals surface area contributed by atoms with E-state index >= 15 is 0 Å². The van der Waals surface area contributed by atoms with Crippen molar-refractivity contribution in [2.45, 2.75) is 31.7 Å². The van der Waals surface area contributed by atoms with E-state index in [0.29, 0.717) is 29.3 Å². The molecule has 1 saturated carbocycles. The van der Waals surface area contributed by atoms with Gasteiger partial charge in [0.05, 0.1) is 11.6 Å². The molecule has 0 bridgehead atoms. The molecule has 1 aliphatic rings. The third-order valence-corrected chi connectivity index (χ3v) is 4.93. The lowest BCUT2D eigenvalue weighted by molar-refractivity contribution is 0.426. The molecule has 3 heterocycles. The summed E-state index contributed by atoms with van der Waals surface area (Å²) in [5, 5.41) is 9.71.